The predicted molar refractivity (Wildman–Crippen MR) is 93.8 cm³/mol. The Bertz CT molecular complexity index is 531. The maximum Gasteiger partial charge on any atom is 0.0950 e. The molecular formula is C17H23NS2. The highest BCUT2D eigenvalue weighted by Gasteiger charge is 2.16. The first-order valence-corrected chi connectivity index (χ1v) is 9.17. The smallest absolute Gasteiger partial charge is 0.0950 e. The van der Waals surface area contributed by atoms with Crippen molar-refractivity contribution in [1.82, 2.24) is 0 Å². The third-order valence-electron chi connectivity index (χ3n) is 3.39. The highest BCUT2D eigenvalue weighted by molar-refractivity contribution is 8.01. The molecule has 0 aliphatic carbocycles. The molecule has 0 atom stereocenters. The summed E-state index contributed by atoms with van der Waals surface area (Å²) in [5.41, 5.74) is 10.2. The number of nitrogen functional groups attached to an aromatic ring is 1. The van der Waals surface area contributed by atoms with Crippen LogP contribution in [0.1, 0.15) is 38.7 Å². The summed E-state index contributed by atoms with van der Waals surface area (Å²) in [5.74, 6) is 1.20. The Balaban J connectivity index is 2.23. The first kappa shape index (κ1) is 15.5. The lowest BCUT2D eigenvalue weighted by Crippen LogP contribution is -1.89. The van der Waals surface area contributed by atoms with E-state index in [0.29, 0.717) is 0 Å². The predicted octanol–water partition coefficient (Wildman–Crippen LogP) is 5.84. The van der Waals surface area contributed by atoms with E-state index in [1.54, 1.807) is 11.3 Å². The van der Waals surface area contributed by atoms with Gasteiger partial charge in [0.1, 0.15) is 0 Å². The molecule has 1 nitrogen and oxygen atoms in total. The molecule has 0 unspecified atom stereocenters. The highest BCUT2D eigenvalue weighted by Crippen LogP contribution is 2.44. The molecule has 0 spiro atoms. The maximum atomic E-state index is 6.29. The number of thiophene rings is 1. The minimum absolute atomic E-state index is 0.964. The van der Waals surface area contributed by atoms with E-state index < -0.39 is 0 Å². The fourth-order valence-electron chi connectivity index (χ4n) is 2.34. The Morgan fingerprint density at radius 2 is 1.85 bits per heavy atom. The van der Waals surface area contributed by atoms with Gasteiger partial charge >= 0.3 is 0 Å². The van der Waals surface area contributed by atoms with Crippen LogP contribution in [0.15, 0.2) is 34.5 Å². The van der Waals surface area contributed by atoms with E-state index in [1.165, 1.54) is 45.9 Å². The van der Waals surface area contributed by atoms with Gasteiger partial charge in [0.25, 0.3) is 0 Å². The summed E-state index contributed by atoms with van der Waals surface area (Å²) in [6, 6.07) is 10.5. The van der Waals surface area contributed by atoms with Crippen molar-refractivity contribution in [2.24, 2.45) is 0 Å². The number of rotatable bonds is 7. The van der Waals surface area contributed by atoms with E-state index in [-0.39, 0.29) is 0 Å². The molecule has 1 aromatic carbocycles. The van der Waals surface area contributed by atoms with E-state index in [0.717, 1.165) is 11.4 Å². The van der Waals surface area contributed by atoms with Crippen molar-refractivity contribution in [3.05, 3.63) is 35.9 Å². The molecule has 108 valence electrons. The van der Waals surface area contributed by atoms with Gasteiger partial charge in [-0.2, -0.15) is 0 Å². The molecule has 1 heterocycles. The summed E-state index contributed by atoms with van der Waals surface area (Å²) < 4.78 is 1.42. The number of benzene rings is 1. The van der Waals surface area contributed by atoms with Gasteiger partial charge in [-0.15, -0.1) is 23.1 Å². The molecule has 0 bridgehead atoms. The van der Waals surface area contributed by atoms with E-state index in [4.69, 9.17) is 5.73 Å². The third-order valence-corrected chi connectivity index (χ3v) is 5.86. The van der Waals surface area contributed by atoms with Crippen molar-refractivity contribution in [1.29, 1.82) is 0 Å². The standard InChI is InChI=1S/C17H23NS2/c1-3-5-9-12-19-17-14(4-2)15(16(18)20-17)13-10-7-6-8-11-13/h6-8,10-11H,3-5,9,12,18H2,1-2H3. The lowest BCUT2D eigenvalue weighted by molar-refractivity contribution is 0.778. The molecule has 2 aromatic rings. The average Bonchev–Trinajstić information content (AvgIpc) is 2.80. The molecule has 0 saturated carbocycles. The second kappa shape index (κ2) is 7.75. The number of thioether (sulfide) groups is 1. The SMILES string of the molecule is CCCCCSc1sc(N)c(-c2ccccc2)c1CC. The van der Waals surface area contributed by atoms with Crippen LogP contribution in [0.5, 0.6) is 0 Å². The average molecular weight is 306 g/mol. The zero-order valence-electron chi connectivity index (χ0n) is 12.3. The van der Waals surface area contributed by atoms with Crippen LogP contribution in [0, 0.1) is 0 Å². The van der Waals surface area contributed by atoms with Gasteiger partial charge in [-0.1, -0.05) is 57.0 Å². The van der Waals surface area contributed by atoms with Gasteiger partial charge in [-0.05, 0) is 29.7 Å². The summed E-state index contributed by atoms with van der Waals surface area (Å²) in [4.78, 5) is 0. The van der Waals surface area contributed by atoms with Crippen LogP contribution in [0.25, 0.3) is 11.1 Å². The molecule has 0 saturated heterocycles. The van der Waals surface area contributed by atoms with Gasteiger partial charge < -0.3 is 5.73 Å². The molecule has 1 aromatic heterocycles. The van der Waals surface area contributed by atoms with Crippen LogP contribution >= 0.6 is 23.1 Å². The molecule has 0 aliphatic rings. The zero-order valence-corrected chi connectivity index (χ0v) is 13.9. The Morgan fingerprint density at radius 3 is 2.50 bits per heavy atom. The zero-order chi connectivity index (χ0) is 14.4. The van der Waals surface area contributed by atoms with Gasteiger partial charge in [0.2, 0.25) is 0 Å². The highest BCUT2D eigenvalue weighted by atomic mass is 32.2. The molecule has 0 fully saturated rings. The molecule has 0 aliphatic heterocycles. The van der Waals surface area contributed by atoms with Crippen molar-refractivity contribution in [2.45, 2.75) is 43.7 Å². The molecule has 0 amide bonds. The normalized spacial score (nSPS) is 10.9. The van der Waals surface area contributed by atoms with Crippen LogP contribution in [-0.2, 0) is 6.42 Å². The van der Waals surface area contributed by atoms with Crippen molar-refractivity contribution < 1.29 is 0 Å². The molecular weight excluding hydrogens is 282 g/mol. The minimum Gasteiger partial charge on any atom is -0.390 e. The lowest BCUT2D eigenvalue weighted by atomic mass is 10.0. The van der Waals surface area contributed by atoms with Gasteiger partial charge in [-0.3, -0.25) is 0 Å². The molecule has 2 N–H and O–H groups in total. The molecule has 0 radical (unpaired) electrons. The molecule has 20 heavy (non-hydrogen) atoms. The van der Waals surface area contributed by atoms with E-state index in [1.807, 2.05) is 11.8 Å². The Hall–Kier alpha value is -0.930. The Kier molecular flexibility index (Phi) is 5.99. The summed E-state index contributed by atoms with van der Waals surface area (Å²) in [6.45, 7) is 4.48. The van der Waals surface area contributed by atoms with Gasteiger partial charge in [0.05, 0.1) is 9.21 Å². The van der Waals surface area contributed by atoms with Crippen molar-refractivity contribution in [3.8, 4) is 11.1 Å². The van der Waals surface area contributed by atoms with Gasteiger partial charge in [0, 0.05) is 5.56 Å². The number of anilines is 1. The maximum absolute atomic E-state index is 6.29. The van der Waals surface area contributed by atoms with Crippen molar-refractivity contribution >= 4 is 28.1 Å². The van der Waals surface area contributed by atoms with E-state index in [9.17, 15) is 0 Å². The second-order valence-electron chi connectivity index (χ2n) is 4.88. The summed E-state index contributed by atoms with van der Waals surface area (Å²) in [6.07, 6.45) is 4.95. The fourth-order valence-corrected chi connectivity index (χ4v) is 4.96. The molecule has 3 heteroatoms. The van der Waals surface area contributed by atoms with Gasteiger partial charge in [0.15, 0.2) is 0 Å². The fraction of sp³-hybridized carbons (Fsp3) is 0.412. The van der Waals surface area contributed by atoms with Crippen LogP contribution < -0.4 is 5.73 Å². The third kappa shape index (κ3) is 3.58. The summed E-state index contributed by atoms with van der Waals surface area (Å²) >= 11 is 3.74. The first-order chi connectivity index (χ1) is 9.77. The summed E-state index contributed by atoms with van der Waals surface area (Å²) in [7, 11) is 0. The van der Waals surface area contributed by atoms with E-state index in [2.05, 4.69) is 44.2 Å². The summed E-state index contributed by atoms with van der Waals surface area (Å²) in [5, 5.41) is 0.964. The van der Waals surface area contributed by atoms with Gasteiger partial charge in [-0.25, -0.2) is 0 Å². The first-order valence-electron chi connectivity index (χ1n) is 7.37. The van der Waals surface area contributed by atoms with Crippen LogP contribution in [-0.4, -0.2) is 5.75 Å². The van der Waals surface area contributed by atoms with Crippen LogP contribution in [0.3, 0.4) is 0 Å². The number of unbranched alkanes of at least 4 members (excludes halogenated alkanes) is 2. The second-order valence-corrected chi connectivity index (χ2v) is 7.30. The minimum atomic E-state index is 0.964. The monoisotopic (exact) mass is 305 g/mol. The number of hydrogen-bond acceptors (Lipinski definition) is 3. The molecule has 2 rings (SSSR count). The quantitative estimate of drug-likeness (QED) is 0.513. The topological polar surface area (TPSA) is 26.0 Å². The number of hydrogen-bond donors (Lipinski definition) is 1. The van der Waals surface area contributed by atoms with Crippen molar-refractivity contribution in [2.75, 3.05) is 11.5 Å². The largest absolute Gasteiger partial charge is 0.390 e. The van der Waals surface area contributed by atoms with Crippen LogP contribution in [0.4, 0.5) is 5.00 Å². The van der Waals surface area contributed by atoms with E-state index >= 15 is 0 Å². The lowest BCUT2D eigenvalue weighted by Gasteiger charge is -2.06. The number of nitrogens with two attached hydrogens (primary N) is 1. The van der Waals surface area contributed by atoms with Crippen LogP contribution in [0.2, 0.25) is 0 Å². The Morgan fingerprint density at radius 1 is 1.10 bits per heavy atom. The Labute approximate surface area is 130 Å². The van der Waals surface area contributed by atoms with Crippen molar-refractivity contribution in [3.63, 3.8) is 0 Å².